The third kappa shape index (κ3) is 3.24. The summed E-state index contributed by atoms with van der Waals surface area (Å²) in [4.78, 5) is 16.7. The number of hydrogen-bond donors (Lipinski definition) is 1. The van der Waals surface area contributed by atoms with E-state index in [1.165, 1.54) is 18.2 Å². The highest BCUT2D eigenvalue weighted by molar-refractivity contribution is 6.29. The van der Waals surface area contributed by atoms with E-state index in [1.54, 1.807) is 30.1 Å². The van der Waals surface area contributed by atoms with Crippen molar-refractivity contribution in [1.29, 1.82) is 0 Å². The minimum absolute atomic E-state index is 0.0420. The molecule has 0 unspecified atom stereocenters. The summed E-state index contributed by atoms with van der Waals surface area (Å²) < 4.78 is 13.6. The van der Waals surface area contributed by atoms with E-state index in [-0.39, 0.29) is 23.1 Å². The number of hydrogen-bond acceptors (Lipinski definition) is 3. The lowest BCUT2D eigenvalue weighted by Crippen LogP contribution is -2.19. The molecule has 4 nitrogen and oxygen atoms in total. The molecule has 0 atom stereocenters. The van der Waals surface area contributed by atoms with Gasteiger partial charge >= 0.3 is 5.97 Å². The van der Waals surface area contributed by atoms with E-state index in [4.69, 9.17) is 16.7 Å². The van der Waals surface area contributed by atoms with Gasteiger partial charge in [0.2, 0.25) is 0 Å². The predicted molar refractivity (Wildman–Crippen MR) is 74.7 cm³/mol. The molecule has 0 aliphatic rings. The van der Waals surface area contributed by atoms with Gasteiger partial charge in [0.1, 0.15) is 16.8 Å². The van der Waals surface area contributed by atoms with Crippen LogP contribution in [-0.2, 0) is 6.54 Å². The largest absolute Gasteiger partial charge is 0.478 e. The van der Waals surface area contributed by atoms with E-state index in [9.17, 15) is 9.18 Å². The van der Waals surface area contributed by atoms with Crippen LogP contribution in [0.15, 0.2) is 36.4 Å². The Hall–Kier alpha value is -2.14. The molecule has 104 valence electrons. The zero-order chi connectivity index (χ0) is 14.7. The van der Waals surface area contributed by atoms with Crippen LogP contribution in [0.4, 0.5) is 10.2 Å². The minimum atomic E-state index is -1.09. The number of carboxylic acid groups (broad SMARTS) is 1. The van der Waals surface area contributed by atoms with Gasteiger partial charge in [0.05, 0.1) is 5.56 Å². The van der Waals surface area contributed by atoms with Crippen molar-refractivity contribution in [3.63, 3.8) is 0 Å². The lowest BCUT2D eigenvalue weighted by atomic mass is 10.2. The van der Waals surface area contributed by atoms with E-state index < -0.39 is 5.97 Å². The van der Waals surface area contributed by atoms with Gasteiger partial charge in [0, 0.05) is 19.2 Å². The number of nitrogens with zero attached hydrogens (tertiary/aromatic N) is 2. The quantitative estimate of drug-likeness (QED) is 0.880. The number of carbonyl (C=O) groups is 1. The Kier molecular flexibility index (Phi) is 4.20. The number of halogens is 2. The van der Waals surface area contributed by atoms with E-state index in [0.29, 0.717) is 11.4 Å². The Morgan fingerprint density at radius 1 is 1.40 bits per heavy atom. The lowest BCUT2D eigenvalue weighted by molar-refractivity contribution is 0.0697. The van der Waals surface area contributed by atoms with Crippen LogP contribution < -0.4 is 4.90 Å². The number of anilines is 1. The van der Waals surface area contributed by atoms with Gasteiger partial charge in [-0.3, -0.25) is 0 Å². The molecule has 0 fully saturated rings. The standard InChI is InChI=1S/C14H12ClFN2O2/c1-18(8-9-4-2-3-5-11(9)16)13-7-10(14(19)20)6-12(15)17-13/h2-7H,8H2,1H3,(H,19,20). The third-order valence-electron chi connectivity index (χ3n) is 2.78. The molecule has 6 heteroatoms. The summed E-state index contributed by atoms with van der Waals surface area (Å²) in [6.07, 6.45) is 0. The normalized spacial score (nSPS) is 10.3. The molecular weight excluding hydrogens is 283 g/mol. The smallest absolute Gasteiger partial charge is 0.335 e. The van der Waals surface area contributed by atoms with E-state index in [1.807, 2.05) is 0 Å². The molecule has 1 aromatic carbocycles. The van der Waals surface area contributed by atoms with Crippen LogP contribution in [0.3, 0.4) is 0 Å². The predicted octanol–water partition coefficient (Wildman–Crippen LogP) is 3.21. The van der Waals surface area contributed by atoms with Crippen molar-refractivity contribution in [2.24, 2.45) is 0 Å². The molecule has 1 N–H and O–H groups in total. The summed E-state index contributed by atoms with van der Waals surface area (Å²) in [6.45, 7) is 0.263. The summed E-state index contributed by atoms with van der Waals surface area (Å²) in [7, 11) is 1.69. The average molecular weight is 295 g/mol. The van der Waals surface area contributed by atoms with Crippen molar-refractivity contribution in [3.8, 4) is 0 Å². The van der Waals surface area contributed by atoms with Crippen molar-refractivity contribution < 1.29 is 14.3 Å². The molecule has 0 bridgehead atoms. The van der Waals surface area contributed by atoms with Gasteiger partial charge in [-0.1, -0.05) is 29.8 Å². The highest BCUT2D eigenvalue weighted by Gasteiger charge is 2.12. The van der Waals surface area contributed by atoms with Crippen LogP contribution in [0.1, 0.15) is 15.9 Å². The van der Waals surface area contributed by atoms with Crippen molar-refractivity contribution >= 4 is 23.4 Å². The molecule has 0 amide bonds. The summed E-state index contributed by atoms with van der Waals surface area (Å²) in [5, 5.41) is 9.07. The Morgan fingerprint density at radius 2 is 2.10 bits per heavy atom. The Balaban J connectivity index is 2.27. The number of aromatic nitrogens is 1. The van der Waals surface area contributed by atoms with Crippen LogP contribution in [0, 0.1) is 5.82 Å². The van der Waals surface area contributed by atoms with Crippen LogP contribution in [-0.4, -0.2) is 23.1 Å². The maximum absolute atomic E-state index is 13.6. The lowest BCUT2D eigenvalue weighted by Gasteiger charge is -2.19. The second-order valence-electron chi connectivity index (χ2n) is 4.29. The highest BCUT2D eigenvalue weighted by Crippen LogP contribution is 2.20. The molecule has 0 radical (unpaired) electrons. The van der Waals surface area contributed by atoms with Gasteiger partial charge in [-0.2, -0.15) is 0 Å². The van der Waals surface area contributed by atoms with Crippen LogP contribution in [0.25, 0.3) is 0 Å². The average Bonchev–Trinajstić information content (AvgIpc) is 2.40. The molecule has 2 rings (SSSR count). The fraction of sp³-hybridized carbons (Fsp3) is 0.143. The second kappa shape index (κ2) is 5.88. The number of pyridine rings is 1. The maximum atomic E-state index is 13.6. The van der Waals surface area contributed by atoms with Crippen molar-refractivity contribution in [2.45, 2.75) is 6.54 Å². The monoisotopic (exact) mass is 294 g/mol. The second-order valence-corrected chi connectivity index (χ2v) is 4.68. The van der Waals surface area contributed by atoms with Gasteiger partial charge in [-0.05, 0) is 18.2 Å². The van der Waals surface area contributed by atoms with Crippen LogP contribution in [0.2, 0.25) is 5.15 Å². The number of carboxylic acids is 1. The Morgan fingerprint density at radius 3 is 2.75 bits per heavy atom. The molecule has 0 aliphatic carbocycles. The molecule has 0 spiro atoms. The van der Waals surface area contributed by atoms with Crippen molar-refractivity contribution in [2.75, 3.05) is 11.9 Å². The molecule has 1 heterocycles. The summed E-state index contributed by atoms with van der Waals surface area (Å²) in [5.41, 5.74) is 0.536. The van der Waals surface area contributed by atoms with Gasteiger partial charge in [-0.15, -0.1) is 0 Å². The first kappa shape index (κ1) is 14.3. The minimum Gasteiger partial charge on any atom is -0.478 e. The fourth-order valence-corrected chi connectivity index (χ4v) is 1.97. The first-order valence-electron chi connectivity index (χ1n) is 5.83. The third-order valence-corrected chi connectivity index (χ3v) is 2.98. The first-order valence-corrected chi connectivity index (χ1v) is 6.20. The Bertz CT molecular complexity index is 649. The van der Waals surface area contributed by atoms with Crippen LogP contribution >= 0.6 is 11.6 Å². The van der Waals surface area contributed by atoms with Gasteiger partial charge < -0.3 is 10.0 Å². The van der Waals surface area contributed by atoms with Gasteiger partial charge in [0.15, 0.2) is 0 Å². The molecular formula is C14H12ClFN2O2. The van der Waals surface area contributed by atoms with Crippen molar-refractivity contribution in [1.82, 2.24) is 4.98 Å². The molecule has 0 saturated heterocycles. The fourth-order valence-electron chi connectivity index (χ4n) is 1.77. The maximum Gasteiger partial charge on any atom is 0.335 e. The summed E-state index contributed by atoms with van der Waals surface area (Å²) >= 11 is 5.80. The highest BCUT2D eigenvalue weighted by atomic mass is 35.5. The summed E-state index contributed by atoms with van der Waals surface area (Å²) in [5.74, 6) is -1.03. The van der Waals surface area contributed by atoms with Crippen molar-refractivity contribution in [3.05, 3.63) is 58.5 Å². The zero-order valence-corrected chi connectivity index (χ0v) is 11.4. The molecule has 0 aliphatic heterocycles. The van der Waals surface area contributed by atoms with Gasteiger partial charge in [-0.25, -0.2) is 14.2 Å². The SMILES string of the molecule is CN(Cc1ccccc1F)c1cc(C(=O)O)cc(Cl)n1. The number of aromatic carboxylic acids is 1. The number of benzene rings is 1. The Labute approximate surface area is 120 Å². The molecule has 20 heavy (non-hydrogen) atoms. The molecule has 1 aromatic heterocycles. The van der Waals surface area contributed by atoms with Gasteiger partial charge in [0.25, 0.3) is 0 Å². The van der Waals surface area contributed by atoms with E-state index >= 15 is 0 Å². The first-order chi connectivity index (χ1) is 9.47. The molecule has 0 saturated carbocycles. The van der Waals surface area contributed by atoms with E-state index in [2.05, 4.69) is 4.98 Å². The number of rotatable bonds is 4. The topological polar surface area (TPSA) is 53.4 Å². The van der Waals surface area contributed by atoms with Crippen LogP contribution in [0.5, 0.6) is 0 Å². The zero-order valence-electron chi connectivity index (χ0n) is 10.7. The van der Waals surface area contributed by atoms with E-state index in [0.717, 1.165) is 0 Å². The molecule has 2 aromatic rings. The summed E-state index contributed by atoms with van der Waals surface area (Å²) in [6, 6.07) is 9.05.